The molecule has 0 fully saturated rings. The van der Waals surface area contributed by atoms with E-state index in [2.05, 4.69) is 15.3 Å². The molecule has 0 bridgehead atoms. The number of fused-ring (bicyclic) bond motifs is 1. The molecule has 3 aromatic heterocycles. The molecule has 0 spiro atoms. The number of anilines is 2. The Balaban J connectivity index is 1.46. The lowest BCUT2D eigenvalue weighted by atomic mass is 10.1. The van der Waals surface area contributed by atoms with E-state index in [4.69, 9.17) is 4.42 Å². The Bertz CT molecular complexity index is 1570. The monoisotopic (exact) mass is 515 g/mol. The predicted octanol–water partition coefficient (Wildman–Crippen LogP) is 5.05. The van der Waals surface area contributed by atoms with Crippen LogP contribution in [0.15, 0.2) is 77.7 Å². The van der Waals surface area contributed by atoms with Crippen LogP contribution in [0.25, 0.3) is 21.7 Å². The molecular weight excluding hydrogens is 490 g/mol. The van der Waals surface area contributed by atoms with Crippen molar-refractivity contribution in [2.45, 2.75) is 26.0 Å². The first-order chi connectivity index (χ1) is 17.7. The van der Waals surface area contributed by atoms with Crippen LogP contribution >= 0.6 is 11.3 Å². The molecule has 2 amide bonds. The van der Waals surface area contributed by atoms with E-state index in [1.54, 1.807) is 66.9 Å². The highest BCUT2D eigenvalue weighted by Gasteiger charge is 2.23. The fourth-order valence-corrected chi connectivity index (χ4v) is 4.81. The molecule has 0 unspecified atom stereocenters. The van der Waals surface area contributed by atoms with Gasteiger partial charge in [-0.15, -0.1) is 11.3 Å². The number of amides is 2. The molecule has 0 aliphatic heterocycles. The van der Waals surface area contributed by atoms with E-state index in [9.17, 15) is 14.7 Å². The first-order valence-electron chi connectivity index (χ1n) is 11.6. The smallest absolute Gasteiger partial charge is 0.268 e. The minimum absolute atomic E-state index is 0.148. The summed E-state index contributed by atoms with van der Waals surface area (Å²) in [5.41, 5.74) is 1.47. The van der Waals surface area contributed by atoms with Gasteiger partial charge in [0, 0.05) is 18.3 Å². The number of hydrogen-bond donors (Lipinski definition) is 2. The summed E-state index contributed by atoms with van der Waals surface area (Å²) < 4.78 is 7.08. The van der Waals surface area contributed by atoms with Gasteiger partial charge in [0.1, 0.15) is 0 Å². The van der Waals surface area contributed by atoms with Crippen molar-refractivity contribution in [3.8, 4) is 10.6 Å². The third kappa shape index (κ3) is 5.16. The van der Waals surface area contributed by atoms with E-state index in [0.29, 0.717) is 33.4 Å². The first-order valence-corrected chi connectivity index (χ1v) is 12.4. The first kappa shape index (κ1) is 24.4. The number of carbonyl (C=O) groups is 2. The highest BCUT2D eigenvalue weighted by molar-refractivity contribution is 7.17. The van der Waals surface area contributed by atoms with Crippen molar-refractivity contribution >= 4 is 45.8 Å². The minimum Gasteiger partial charge on any atom is -0.443 e. The van der Waals surface area contributed by atoms with Gasteiger partial charge >= 0.3 is 0 Å². The predicted molar refractivity (Wildman–Crippen MR) is 143 cm³/mol. The third-order valence-electron chi connectivity index (χ3n) is 5.72. The van der Waals surface area contributed by atoms with Gasteiger partial charge in [-0.1, -0.05) is 18.2 Å². The van der Waals surface area contributed by atoms with E-state index in [0.717, 1.165) is 10.4 Å². The molecule has 10 heteroatoms. The maximum atomic E-state index is 13.1. The average Bonchev–Trinajstić information content (AvgIpc) is 3.63. The van der Waals surface area contributed by atoms with Gasteiger partial charge in [0.25, 0.3) is 11.8 Å². The van der Waals surface area contributed by atoms with Crippen LogP contribution in [0, 0.1) is 0 Å². The number of carbonyl (C=O) groups excluding carboxylic acids is 2. The van der Waals surface area contributed by atoms with Crippen LogP contribution in [0.4, 0.5) is 11.6 Å². The zero-order valence-electron chi connectivity index (χ0n) is 20.5. The van der Waals surface area contributed by atoms with Crippen LogP contribution in [-0.2, 0) is 6.54 Å². The quantitative estimate of drug-likeness (QED) is 0.314. The molecule has 0 saturated heterocycles. The number of hydrogen-bond acceptors (Lipinski definition) is 7. The van der Waals surface area contributed by atoms with E-state index in [1.165, 1.54) is 17.7 Å². The van der Waals surface area contributed by atoms with E-state index >= 15 is 0 Å². The summed E-state index contributed by atoms with van der Waals surface area (Å²) in [5.74, 6) is 0.398. The summed E-state index contributed by atoms with van der Waals surface area (Å²) >= 11 is 1.27. The molecule has 0 aliphatic rings. The number of imidazole rings is 1. The van der Waals surface area contributed by atoms with Crippen LogP contribution in [0.3, 0.4) is 0 Å². The second-order valence-electron chi connectivity index (χ2n) is 9.22. The number of aliphatic hydroxyl groups is 1. The fourth-order valence-electron chi connectivity index (χ4n) is 3.95. The van der Waals surface area contributed by atoms with Gasteiger partial charge in [-0.25, -0.2) is 9.97 Å². The Morgan fingerprint density at radius 2 is 1.92 bits per heavy atom. The number of aromatic nitrogens is 3. The SMILES string of the molecule is CN(C(=O)c1ccccc1)c1ccc2c(c1)nc(NC(=O)c1ccc(-c3cnco3)s1)n2CC(C)(C)O. The lowest BCUT2D eigenvalue weighted by Crippen LogP contribution is -2.27. The summed E-state index contributed by atoms with van der Waals surface area (Å²) in [6.07, 6.45) is 2.93. The normalized spacial score (nSPS) is 11.6. The zero-order valence-corrected chi connectivity index (χ0v) is 21.3. The average molecular weight is 516 g/mol. The number of oxazole rings is 1. The van der Waals surface area contributed by atoms with Crippen LogP contribution in [0.1, 0.15) is 33.9 Å². The highest BCUT2D eigenvalue weighted by Crippen LogP contribution is 2.30. The van der Waals surface area contributed by atoms with Crippen LogP contribution in [-0.4, -0.2) is 44.1 Å². The number of benzene rings is 2. The van der Waals surface area contributed by atoms with Crippen molar-refractivity contribution in [2.24, 2.45) is 0 Å². The molecule has 0 atom stereocenters. The molecule has 0 radical (unpaired) electrons. The molecule has 5 aromatic rings. The standard InChI is InChI=1S/C27H25N5O4S/c1-27(2,35)15-32-20-10-9-18(31(3)25(34)17-7-5-4-6-8-17)13-19(20)29-26(32)30-24(33)23-12-11-22(37-23)21-14-28-16-36-21/h4-14,16,35H,15H2,1-3H3,(H,29,30,33). The largest absolute Gasteiger partial charge is 0.443 e. The van der Waals surface area contributed by atoms with Gasteiger partial charge in [-0.3, -0.25) is 14.9 Å². The van der Waals surface area contributed by atoms with Crippen molar-refractivity contribution < 1.29 is 19.1 Å². The molecular formula is C27H25N5O4S. The topological polar surface area (TPSA) is 113 Å². The number of nitrogens with one attached hydrogen (secondary N) is 1. The van der Waals surface area contributed by atoms with Gasteiger partial charge in [-0.05, 0) is 56.3 Å². The molecule has 2 N–H and O–H groups in total. The Morgan fingerprint density at radius 3 is 2.62 bits per heavy atom. The van der Waals surface area contributed by atoms with Crippen molar-refractivity contribution in [3.63, 3.8) is 0 Å². The molecule has 2 aromatic carbocycles. The summed E-state index contributed by atoms with van der Waals surface area (Å²) in [6, 6.07) is 18.0. The summed E-state index contributed by atoms with van der Waals surface area (Å²) in [7, 11) is 1.70. The summed E-state index contributed by atoms with van der Waals surface area (Å²) in [6.45, 7) is 3.58. The lowest BCUT2D eigenvalue weighted by molar-refractivity contribution is 0.0630. The molecule has 37 heavy (non-hydrogen) atoms. The Hall–Kier alpha value is -4.28. The number of thiophene rings is 1. The van der Waals surface area contributed by atoms with Crippen molar-refractivity contribution in [2.75, 3.05) is 17.3 Å². The molecule has 9 nitrogen and oxygen atoms in total. The van der Waals surface area contributed by atoms with Gasteiger partial charge in [0.2, 0.25) is 5.95 Å². The summed E-state index contributed by atoms with van der Waals surface area (Å²) in [4.78, 5) is 37.4. The van der Waals surface area contributed by atoms with E-state index in [-0.39, 0.29) is 18.4 Å². The molecule has 5 rings (SSSR count). The summed E-state index contributed by atoms with van der Waals surface area (Å²) in [5, 5.41) is 13.4. The zero-order chi connectivity index (χ0) is 26.2. The number of rotatable bonds is 7. The third-order valence-corrected chi connectivity index (χ3v) is 6.82. The maximum absolute atomic E-state index is 13.1. The molecule has 188 valence electrons. The highest BCUT2D eigenvalue weighted by atomic mass is 32.1. The van der Waals surface area contributed by atoms with Crippen LogP contribution in [0.2, 0.25) is 0 Å². The van der Waals surface area contributed by atoms with E-state index in [1.807, 2.05) is 30.3 Å². The number of nitrogens with zero attached hydrogens (tertiary/aromatic N) is 4. The Morgan fingerprint density at radius 1 is 1.14 bits per heavy atom. The second-order valence-corrected chi connectivity index (χ2v) is 10.3. The lowest BCUT2D eigenvalue weighted by Gasteiger charge is -2.20. The van der Waals surface area contributed by atoms with Crippen molar-refractivity contribution in [3.05, 3.63) is 83.7 Å². The molecule has 0 aliphatic carbocycles. The van der Waals surface area contributed by atoms with Crippen LogP contribution in [0.5, 0.6) is 0 Å². The molecule has 0 saturated carbocycles. The minimum atomic E-state index is -1.06. The fraction of sp³-hybridized carbons (Fsp3) is 0.185. The van der Waals surface area contributed by atoms with Gasteiger partial charge < -0.3 is 19.0 Å². The van der Waals surface area contributed by atoms with Crippen molar-refractivity contribution in [1.82, 2.24) is 14.5 Å². The van der Waals surface area contributed by atoms with Gasteiger partial charge in [0.15, 0.2) is 12.2 Å². The second kappa shape index (κ2) is 9.64. The van der Waals surface area contributed by atoms with E-state index < -0.39 is 5.60 Å². The Labute approximate surface area is 217 Å². The van der Waals surface area contributed by atoms with Crippen molar-refractivity contribution in [1.29, 1.82) is 0 Å². The Kier molecular flexibility index (Phi) is 6.36. The van der Waals surface area contributed by atoms with Gasteiger partial charge in [0.05, 0.1) is 39.1 Å². The van der Waals surface area contributed by atoms with Gasteiger partial charge in [-0.2, -0.15) is 0 Å². The maximum Gasteiger partial charge on any atom is 0.268 e. The molecule has 3 heterocycles. The van der Waals surface area contributed by atoms with Crippen LogP contribution < -0.4 is 10.2 Å².